The topological polar surface area (TPSA) is 30.2 Å². The van der Waals surface area contributed by atoms with Crippen molar-refractivity contribution >= 4 is 5.78 Å². The van der Waals surface area contributed by atoms with E-state index in [0.717, 1.165) is 11.3 Å². The number of carbonyl (C=O) groups excluding carboxylic acids is 1. The first-order valence-corrected chi connectivity index (χ1v) is 5.76. The summed E-state index contributed by atoms with van der Waals surface area (Å²) in [6, 6.07) is 11.6. The predicted molar refractivity (Wildman–Crippen MR) is 67.4 cm³/mol. The van der Waals surface area contributed by atoms with Gasteiger partial charge < -0.3 is 4.42 Å². The highest BCUT2D eigenvalue weighted by Gasteiger charge is 2.20. The van der Waals surface area contributed by atoms with Gasteiger partial charge in [-0.15, -0.1) is 0 Å². The van der Waals surface area contributed by atoms with Gasteiger partial charge in [0.05, 0.1) is 5.56 Å². The van der Waals surface area contributed by atoms with Gasteiger partial charge in [0.25, 0.3) is 0 Å². The quantitative estimate of drug-likeness (QED) is 0.746. The molecule has 2 aromatic rings. The molecule has 1 heterocycles. The standard InChI is InChI=1S/C15H16O2/c1-10-9-14(12(3)17-10)15(16)11(2)13-7-5-4-6-8-13/h4-9,11H,1-3H3. The van der Waals surface area contributed by atoms with E-state index in [0.29, 0.717) is 11.3 Å². The fraction of sp³-hybridized carbons (Fsp3) is 0.267. The summed E-state index contributed by atoms with van der Waals surface area (Å²) in [6.45, 7) is 5.62. The van der Waals surface area contributed by atoms with E-state index in [2.05, 4.69) is 0 Å². The van der Waals surface area contributed by atoms with Gasteiger partial charge in [-0.1, -0.05) is 37.3 Å². The summed E-state index contributed by atoms with van der Waals surface area (Å²) in [5.74, 6) is 1.47. The van der Waals surface area contributed by atoms with E-state index < -0.39 is 0 Å². The highest BCUT2D eigenvalue weighted by molar-refractivity contribution is 6.01. The van der Waals surface area contributed by atoms with Gasteiger partial charge in [-0.25, -0.2) is 0 Å². The Labute approximate surface area is 101 Å². The SMILES string of the molecule is Cc1cc(C(=O)C(C)c2ccccc2)c(C)o1. The van der Waals surface area contributed by atoms with Gasteiger partial charge in [0.1, 0.15) is 11.5 Å². The third-order valence-corrected chi connectivity index (χ3v) is 3.00. The first kappa shape index (κ1) is 11.6. The number of aryl methyl sites for hydroxylation is 2. The van der Waals surface area contributed by atoms with Crippen LogP contribution in [0.3, 0.4) is 0 Å². The molecule has 0 saturated carbocycles. The Morgan fingerprint density at radius 2 is 1.82 bits per heavy atom. The Bertz CT molecular complexity index is 523. The maximum absolute atomic E-state index is 12.3. The zero-order chi connectivity index (χ0) is 12.4. The van der Waals surface area contributed by atoms with Crippen LogP contribution in [0.1, 0.15) is 40.3 Å². The maximum atomic E-state index is 12.3. The molecule has 0 N–H and O–H groups in total. The van der Waals surface area contributed by atoms with E-state index in [1.807, 2.05) is 57.2 Å². The second-order valence-corrected chi connectivity index (χ2v) is 4.32. The van der Waals surface area contributed by atoms with Crippen LogP contribution in [0.2, 0.25) is 0 Å². The molecule has 2 nitrogen and oxygen atoms in total. The second-order valence-electron chi connectivity index (χ2n) is 4.32. The number of furan rings is 1. The third-order valence-electron chi connectivity index (χ3n) is 3.00. The fourth-order valence-electron chi connectivity index (χ4n) is 2.00. The van der Waals surface area contributed by atoms with Gasteiger partial charge in [-0.3, -0.25) is 4.79 Å². The van der Waals surface area contributed by atoms with Crippen LogP contribution in [0.25, 0.3) is 0 Å². The molecule has 88 valence electrons. The lowest BCUT2D eigenvalue weighted by Gasteiger charge is -2.09. The number of carbonyl (C=O) groups is 1. The zero-order valence-corrected chi connectivity index (χ0v) is 10.4. The van der Waals surface area contributed by atoms with Crippen molar-refractivity contribution < 1.29 is 9.21 Å². The molecule has 0 radical (unpaired) electrons. The van der Waals surface area contributed by atoms with E-state index in [4.69, 9.17) is 4.42 Å². The molecule has 1 atom stereocenters. The summed E-state index contributed by atoms with van der Waals surface area (Å²) in [6.07, 6.45) is 0. The van der Waals surface area contributed by atoms with Crippen molar-refractivity contribution in [3.8, 4) is 0 Å². The van der Waals surface area contributed by atoms with Crippen molar-refractivity contribution in [1.82, 2.24) is 0 Å². The number of rotatable bonds is 3. The molecule has 0 bridgehead atoms. The first-order valence-electron chi connectivity index (χ1n) is 5.76. The van der Waals surface area contributed by atoms with Crippen LogP contribution in [-0.4, -0.2) is 5.78 Å². The van der Waals surface area contributed by atoms with Gasteiger partial charge in [0, 0.05) is 5.92 Å². The normalized spacial score (nSPS) is 12.4. The van der Waals surface area contributed by atoms with Crippen LogP contribution in [0, 0.1) is 13.8 Å². The molecule has 2 heteroatoms. The van der Waals surface area contributed by atoms with Crippen molar-refractivity contribution in [1.29, 1.82) is 0 Å². The lowest BCUT2D eigenvalue weighted by molar-refractivity contribution is 0.0964. The van der Waals surface area contributed by atoms with Gasteiger partial charge in [-0.2, -0.15) is 0 Å². The maximum Gasteiger partial charge on any atom is 0.173 e. The minimum Gasteiger partial charge on any atom is -0.466 e. The van der Waals surface area contributed by atoms with Crippen LogP contribution >= 0.6 is 0 Å². The Balaban J connectivity index is 2.30. The minimum absolute atomic E-state index is 0.116. The van der Waals surface area contributed by atoms with Crippen molar-refractivity contribution in [2.45, 2.75) is 26.7 Å². The second kappa shape index (κ2) is 4.58. The summed E-state index contributed by atoms with van der Waals surface area (Å²) < 4.78 is 5.40. The molecular formula is C15H16O2. The molecule has 0 saturated heterocycles. The summed E-state index contributed by atoms with van der Waals surface area (Å²) in [5.41, 5.74) is 1.73. The number of hydrogen-bond donors (Lipinski definition) is 0. The zero-order valence-electron chi connectivity index (χ0n) is 10.4. The Hall–Kier alpha value is -1.83. The molecule has 1 aromatic carbocycles. The molecule has 0 amide bonds. The van der Waals surface area contributed by atoms with Gasteiger partial charge in [0.15, 0.2) is 5.78 Å². The van der Waals surface area contributed by atoms with Crippen LogP contribution in [0.5, 0.6) is 0 Å². The van der Waals surface area contributed by atoms with E-state index in [1.54, 1.807) is 0 Å². The highest BCUT2D eigenvalue weighted by atomic mass is 16.3. The Morgan fingerprint density at radius 1 is 1.18 bits per heavy atom. The number of Topliss-reactive ketones (excluding diaryl/α,β-unsaturated/α-hetero) is 1. The van der Waals surface area contributed by atoms with Crippen molar-refractivity contribution in [3.63, 3.8) is 0 Å². The van der Waals surface area contributed by atoms with Crippen LogP contribution in [0.4, 0.5) is 0 Å². The van der Waals surface area contributed by atoms with E-state index in [9.17, 15) is 4.79 Å². The van der Waals surface area contributed by atoms with Gasteiger partial charge >= 0.3 is 0 Å². The lowest BCUT2D eigenvalue weighted by atomic mass is 9.92. The third kappa shape index (κ3) is 2.31. The summed E-state index contributed by atoms with van der Waals surface area (Å²) in [5, 5.41) is 0. The molecule has 1 aromatic heterocycles. The molecule has 0 aliphatic heterocycles. The lowest BCUT2D eigenvalue weighted by Crippen LogP contribution is -2.09. The highest BCUT2D eigenvalue weighted by Crippen LogP contribution is 2.24. The largest absolute Gasteiger partial charge is 0.466 e. The van der Waals surface area contributed by atoms with E-state index in [-0.39, 0.29) is 11.7 Å². The van der Waals surface area contributed by atoms with Crippen LogP contribution < -0.4 is 0 Å². The average Bonchev–Trinajstić information content (AvgIpc) is 2.68. The molecule has 0 fully saturated rings. The van der Waals surface area contributed by atoms with Gasteiger partial charge in [-0.05, 0) is 25.5 Å². The minimum atomic E-state index is -0.133. The first-order chi connectivity index (χ1) is 8.09. The van der Waals surface area contributed by atoms with Crippen molar-refractivity contribution in [3.05, 3.63) is 59.0 Å². The van der Waals surface area contributed by atoms with Crippen molar-refractivity contribution in [2.75, 3.05) is 0 Å². The molecule has 0 spiro atoms. The molecule has 2 rings (SSSR count). The smallest absolute Gasteiger partial charge is 0.173 e. The number of ketones is 1. The van der Waals surface area contributed by atoms with Crippen molar-refractivity contribution in [2.24, 2.45) is 0 Å². The van der Waals surface area contributed by atoms with E-state index >= 15 is 0 Å². The summed E-state index contributed by atoms with van der Waals surface area (Å²) >= 11 is 0. The molecule has 1 unspecified atom stereocenters. The Kier molecular flexibility index (Phi) is 3.14. The summed E-state index contributed by atoms with van der Waals surface area (Å²) in [4.78, 5) is 12.3. The van der Waals surface area contributed by atoms with Crippen LogP contribution in [-0.2, 0) is 0 Å². The molecule has 17 heavy (non-hydrogen) atoms. The van der Waals surface area contributed by atoms with Gasteiger partial charge in [0.2, 0.25) is 0 Å². The summed E-state index contributed by atoms with van der Waals surface area (Å²) in [7, 11) is 0. The number of hydrogen-bond acceptors (Lipinski definition) is 2. The average molecular weight is 228 g/mol. The monoisotopic (exact) mass is 228 g/mol. The Morgan fingerprint density at radius 3 is 2.35 bits per heavy atom. The molecule has 0 aliphatic carbocycles. The predicted octanol–water partition coefficient (Wildman–Crippen LogP) is 3.88. The molecular weight excluding hydrogens is 212 g/mol. The molecule has 0 aliphatic rings. The van der Waals surface area contributed by atoms with E-state index in [1.165, 1.54) is 0 Å². The van der Waals surface area contributed by atoms with Crippen LogP contribution in [0.15, 0.2) is 40.8 Å². The number of benzene rings is 1. The fourth-order valence-corrected chi connectivity index (χ4v) is 2.00.